The third-order valence-electron chi connectivity index (χ3n) is 7.83. The number of nitriles is 1. The SMILES string of the molecule is Cc1c(-c2cccc(F)c2)cccc1-c1cc2cc3c(c(C#N)c2o1)CCC3N1CCC(C(=O)O)C1. The van der Waals surface area contributed by atoms with Gasteiger partial charge in [-0.3, -0.25) is 9.69 Å². The van der Waals surface area contributed by atoms with Crippen molar-refractivity contribution in [3.8, 4) is 28.5 Å². The van der Waals surface area contributed by atoms with Gasteiger partial charge in [-0.1, -0.05) is 30.3 Å². The second kappa shape index (κ2) is 8.61. The number of furan rings is 1. The highest BCUT2D eigenvalue weighted by Crippen LogP contribution is 2.44. The summed E-state index contributed by atoms with van der Waals surface area (Å²) >= 11 is 0. The minimum Gasteiger partial charge on any atom is -0.481 e. The minimum atomic E-state index is -0.737. The predicted octanol–water partition coefficient (Wildman–Crippen LogP) is 6.48. The number of halogens is 1. The van der Waals surface area contributed by atoms with Crippen molar-refractivity contribution in [1.82, 2.24) is 4.90 Å². The topological polar surface area (TPSA) is 77.5 Å². The van der Waals surface area contributed by atoms with E-state index in [1.807, 2.05) is 37.3 Å². The van der Waals surface area contributed by atoms with Gasteiger partial charge in [0.25, 0.3) is 0 Å². The number of carboxylic acid groups (broad SMARTS) is 1. The molecule has 2 unspecified atom stereocenters. The Balaban J connectivity index is 1.42. The zero-order valence-corrected chi connectivity index (χ0v) is 19.9. The number of benzene rings is 3. The highest BCUT2D eigenvalue weighted by molar-refractivity contribution is 5.90. The van der Waals surface area contributed by atoms with E-state index >= 15 is 0 Å². The number of nitrogens with zero attached hydrogens (tertiary/aromatic N) is 2. The fraction of sp³-hybridized carbons (Fsp3) is 0.267. The molecule has 2 aliphatic rings. The molecule has 5 nitrogen and oxygen atoms in total. The molecule has 1 N–H and O–H groups in total. The van der Waals surface area contributed by atoms with E-state index in [1.165, 1.54) is 12.1 Å². The van der Waals surface area contributed by atoms with Crippen molar-refractivity contribution >= 4 is 16.9 Å². The minimum absolute atomic E-state index is 0.122. The summed E-state index contributed by atoms with van der Waals surface area (Å²) in [5, 5.41) is 20.4. The molecule has 1 aromatic heterocycles. The molecule has 0 bridgehead atoms. The number of carbonyl (C=O) groups is 1. The summed E-state index contributed by atoms with van der Waals surface area (Å²) in [5.74, 6) is -0.678. The number of likely N-dealkylation sites (tertiary alicyclic amines) is 1. The normalized spacial score (nSPS) is 19.5. The molecule has 1 fully saturated rings. The molecule has 0 saturated carbocycles. The molecule has 36 heavy (non-hydrogen) atoms. The number of hydrogen-bond acceptors (Lipinski definition) is 4. The summed E-state index contributed by atoms with van der Waals surface area (Å²) in [5.41, 5.74) is 6.90. The molecular weight excluding hydrogens is 455 g/mol. The van der Waals surface area contributed by atoms with Gasteiger partial charge >= 0.3 is 5.97 Å². The standard InChI is InChI=1S/C30H25FN2O3/c1-17-22(18-4-2-5-21(31)12-18)6-3-7-23(17)28-14-20-13-25-24(26(15-32)29(20)36-28)8-9-27(25)33-11-10-19(16-33)30(34)35/h2-7,12-14,19,27H,8-11,16H2,1H3,(H,34,35). The van der Waals surface area contributed by atoms with Crippen LogP contribution in [0.5, 0.6) is 0 Å². The first-order valence-electron chi connectivity index (χ1n) is 12.3. The molecule has 0 amide bonds. The maximum atomic E-state index is 13.9. The third kappa shape index (κ3) is 3.59. The molecule has 0 spiro atoms. The summed E-state index contributed by atoms with van der Waals surface area (Å²) in [6.45, 7) is 3.29. The summed E-state index contributed by atoms with van der Waals surface area (Å²) in [6, 6.07) is 19.0. The van der Waals surface area contributed by atoms with Crippen molar-refractivity contribution in [3.63, 3.8) is 0 Å². The summed E-state index contributed by atoms with van der Waals surface area (Å²) in [7, 11) is 0. The number of aliphatic carboxylic acids is 1. The number of fused-ring (bicyclic) bond motifs is 2. The molecular formula is C30H25FN2O3. The molecule has 6 rings (SSSR count). The maximum Gasteiger partial charge on any atom is 0.307 e. The maximum absolute atomic E-state index is 13.9. The Bertz CT molecular complexity index is 1560. The monoisotopic (exact) mass is 480 g/mol. The molecule has 4 aromatic rings. The average molecular weight is 481 g/mol. The van der Waals surface area contributed by atoms with Crippen LogP contribution < -0.4 is 0 Å². The van der Waals surface area contributed by atoms with Crippen LogP contribution in [0.2, 0.25) is 0 Å². The van der Waals surface area contributed by atoms with E-state index in [9.17, 15) is 19.6 Å². The van der Waals surface area contributed by atoms with E-state index in [-0.39, 0.29) is 17.8 Å². The Morgan fingerprint density at radius 1 is 1.14 bits per heavy atom. The van der Waals surface area contributed by atoms with Crippen LogP contribution >= 0.6 is 0 Å². The Morgan fingerprint density at radius 3 is 2.69 bits per heavy atom. The Morgan fingerprint density at radius 2 is 1.94 bits per heavy atom. The zero-order valence-electron chi connectivity index (χ0n) is 19.9. The Kier molecular flexibility index (Phi) is 5.39. The summed E-state index contributed by atoms with van der Waals surface area (Å²) in [6.07, 6.45) is 2.31. The number of hydrogen-bond donors (Lipinski definition) is 1. The predicted molar refractivity (Wildman–Crippen MR) is 135 cm³/mol. The quantitative estimate of drug-likeness (QED) is 0.362. The zero-order chi connectivity index (χ0) is 25.0. The Labute approximate surface area is 208 Å². The fourth-order valence-corrected chi connectivity index (χ4v) is 6.02. The van der Waals surface area contributed by atoms with Gasteiger partial charge < -0.3 is 9.52 Å². The lowest BCUT2D eigenvalue weighted by molar-refractivity contribution is -0.141. The largest absolute Gasteiger partial charge is 0.481 e. The molecule has 0 radical (unpaired) electrons. The summed E-state index contributed by atoms with van der Waals surface area (Å²) < 4.78 is 20.2. The van der Waals surface area contributed by atoms with Gasteiger partial charge in [-0.2, -0.15) is 5.26 Å². The van der Waals surface area contributed by atoms with E-state index < -0.39 is 5.97 Å². The lowest BCUT2D eigenvalue weighted by Crippen LogP contribution is -2.26. The van der Waals surface area contributed by atoms with E-state index in [1.54, 1.807) is 6.07 Å². The van der Waals surface area contributed by atoms with E-state index in [0.717, 1.165) is 58.2 Å². The molecule has 1 aliphatic carbocycles. The molecule has 2 heterocycles. The first kappa shape index (κ1) is 22.5. The van der Waals surface area contributed by atoms with Gasteiger partial charge in [0.15, 0.2) is 5.58 Å². The van der Waals surface area contributed by atoms with Gasteiger partial charge in [-0.05, 0) is 84.8 Å². The van der Waals surface area contributed by atoms with Gasteiger partial charge in [-0.15, -0.1) is 0 Å². The van der Waals surface area contributed by atoms with Crippen LogP contribution in [0.3, 0.4) is 0 Å². The van der Waals surface area contributed by atoms with Crippen molar-refractivity contribution in [3.05, 3.63) is 82.7 Å². The Hall–Kier alpha value is -3.95. The van der Waals surface area contributed by atoms with Crippen LogP contribution in [0.1, 0.15) is 41.1 Å². The summed E-state index contributed by atoms with van der Waals surface area (Å²) in [4.78, 5) is 13.7. The lowest BCUT2D eigenvalue weighted by atomic mass is 9.95. The smallest absolute Gasteiger partial charge is 0.307 e. The van der Waals surface area contributed by atoms with E-state index in [4.69, 9.17) is 4.42 Å². The van der Waals surface area contributed by atoms with Crippen molar-refractivity contribution in [2.45, 2.75) is 32.2 Å². The molecule has 3 aromatic carbocycles. The van der Waals surface area contributed by atoms with Crippen LogP contribution in [0.25, 0.3) is 33.4 Å². The first-order valence-corrected chi connectivity index (χ1v) is 12.3. The molecule has 2 atom stereocenters. The highest BCUT2D eigenvalue weighted by atomic mass is 19.1. The molecule has 1 saturated heterocycles. The third-order valence-corrected chi connectivity index (χ3v) is 7.83. The fourth-order valence-electron chi connectivity index (χ4n) is 6.02. The molecule has 6 heteroatoms. The van der Waals surface area contributed by atoms with E-state index in [0.29, 0.717) is 29.9 Å². The second-order valence-electron chi connectivity index (χ2n) is 9.82. The van der Waals surface area contributed by atoms with Crippen molar-refractivity contribution in [1.29, 1.82) is 5.26 Å². The number of carboxylic acids is 1. The average Bonchev–Trinajstić information content (AvgIpc) is 3.60. The van der Waals surface area contributed by atoms with Crippen LogP contribution in [-0.2, 0) is 11.2 Å². The van der Waals surface area contributed by atoms with Crippen LogP contribution in [0.15, 0.2) is 59.0 Å². The first-order chi connectivity index (χ1) is 17.4. The molecule has 180 valence electrons. The van der Waals surface area contributed by atoms with Gasteiger partial charge in [0.2, 0.25) is 0 Å². The van der Waals surface area contributed by atoms with Crippen molar-refractivity contribution in [2.75, 3.05) is 13.1 Å². The lowest BCUT2D eigenvalue weighted by Gasteiger charge is -2.24. The highest BCUT2D eigenvalue weighted by Gasteiger charge is 2.37. The van der Waals surface area contributed by atoms with Crippen LogP contribution in [0, 0.1) is 30.0 Å². The van der Waals surface area contributed by atoms with Crippen LogP contribution in [-0.4, -0.2) is 29.1 Å². The van der Waals surface area contributed by atoms with Gasteiger partial charge in [0.05, 0.1) is 11.5 Å². The van der Waals surface area contributed by atoms with Gasteiger partial charge in [-0.25, -0.2) is 4.39 Å². The van der Waals surface area contributed by atoms with Crippen molar-refractivity contribution in [2.24, 2.45) is 5.92 Å². The second-order valence-corrected chi connectivity index (χ2v) is 9.82. The molecule has 1 aliphatic heterocycles. The van der Waals surface area contributed by atoms with E-state index in [2.05, 4.69) is 17.0 Å². The number of rotatable bonds is 4. The van der Waals surface area contributed by atoms with Crippen molar-refractivity contribution < 1.29 is 18.7 Å². The van der Waals surface area contributed by atoms with Gasteiger partial charge in [0.1, 0.15) is 17.6 Å². The van der Waals surface area contributed by atoms with Crippen LogP contribution in [0.4, 0.5) is 4.39 Å². The van der Waals surface area contributed by atoms with Gasteiger partial charge in [0, 0.05) is 23.5 Å².